The largest absolute Gasteiger partial charge is 0.254 e. The average molecular weight is 194 g/mol. The Morgan fingerprint density at radius 1 is 1.46 bits per heavy atom. The molecule has 1 heterocycles. The first kappa shape index (κ1) is 8.95. The van der Waals surface area contributed by atoms with Crippen molar-refractivity contribution in [2.45, 2.75) is 36.3 Å². The van der Waals surface area contributed by atoms with Crippen molar-refractivity contribution in [3.8, 4) is 0 Å². The van der Waals surface area contributed by atoms with Gasteiger partial charge in [-0.15, -0.1) is 0 Å². The number of hydrogen-bond donors (Lipinski definition) is 0. The molecule has 0 N–H and O–H groups in total. The van der Waals surface area contributed by atoms with Gasteiger partial charge in [-0.1, -0.05) is 25.1 Å². The average Bonchev–Trinajstić information content (AvgIpc) is 2.19. The molecule has 0 unspecified atom stereocenters. The summed E-state index contributed by atoms with van der Waals surface area (Å²) in [5, 5.41) is 0.384. The van der Waals surface area contributed by atoms with Crippen LogP contribution in [0.25, 0.3) is 0 Å². The van der Waals surface area contributed by atoms with Gasteiger partial charge in [0.15, 0.2) is 0 Å². The van der Waals surface area contributed by atoms with Crippen LogP contribution >= 0.6 is 0 Å². The Balaban J connectivity index is 2.39. The minimum atomic E-state index is -0.753. The number of fused-ring (bicyclic) bond motifs is 1. The van der Waals surface area contributed by atoms with Crippen LogP contribution in [0.5, 0.6) is 0 Å². The van der Waals surface area contributed by atoms with Gasteiger partial charge >= 0.3 is 0 Å². The van der Waals surface area contributed by atoms with Crippen LogP contribution in [0.4, 0.5) is 0 Å². The number of benzene rings is 1. The molecular weight excluding hydrogens is 180 g/mol. The molecule has 0 saturated heterocycles. The fourth-order valence-electron chi connectivity index (χ4n) is 1.87. The van der Waals surface area contributed by atoms with E-state index in [0.717, 1.165) is 24.2 Å². The molecule has 70 valence electrons. The standard InChI is InChI=1S/C11H14OS/c1-2-10-8-7-9-5-3-4-6-11(9)13(10)12/h3-6,10H,2,7-8H2,1H3/t10-,13-/m1/s1. The van der Waals surface area contributed by atoms with Gasteiger partial charge in [0.1, 0.15) is 0 Å². The normalized spacial score (nSPS) is 26.8. The first-order valence-electron chi connectivity index (χ1n) is 4.81. The first-order chi connectivity index (χ1) is 6.33. The highest BCUT2D eigenvalue weighted by Crippen LogP contribution is 2.27. The highest BCUT2D eigenvalue weighted by molar-refractivity contribution is 7.85. The van der Waals surface area contributed by atoms with Crippen molar-refractivity contribution in [1.29, 1.82) is 0 Å². The zero-order chi connectivity index (χ0) is 9.26. The van der Waals surface area contributed by atoms with Crippen LogP contribution in [0.3, 0.4) is 0 Å². The van der Waals surface area contributed by atoms with Gasteiger partial charge in [-0.25, -0.2) is 0 Å². The minimum absolute atomic E-state index is 0.384. The summed E-state index contributed by atoms with van der Waals surface area (Å²) in [6.45, 7) is 2.12. The summed E-state index contributed by atoms with van der Waals surface area (Å²) in [5.74, 6) is 0. The number of hydrogen-bond acceptors (Lipinski definition) is 1. The maximum absolute atomic E-state index is 12.0. The van der Waals surface area contributed by atoms with Crippen LogP contribution in [0.1, 0.15) is 25.3 Å². The molecule has 1 aliphatic rings. The molecule has 1 aliphatic heterocycles. The molecule has 13 heavy (non-hydrogen) atoms. The quantitative estimate of drug-likeness (QED) is 0.671. The third kappa shape index (κ3) is 1.55. The lowest BCUT2D eigenvalue weighted by atomic mass is 10.1. The Hall–Kier alpha value is -0.630. The summed E-state index contributed by atoms with van der Waals surface area (Å²) in [6, 6.07) is 8.11. The van der Waals surface area contributed by atoms with E-state index in [0.29, 0.717) is 5.25 Å². The van der Waals surface area contributed by atoms with Gasteiger partial charge in [0.25, 0.3) is 0 Å². The number of aryl methyl sites for hydroxylation is 1. The summed E-state index contributed by atoms with van der Waals surface area (Å²) in [6.07, 6.45) is 3.21. The molecule has 0 bridgehead atoms. The Morgan fingerprint density at radius 2 is 2.23 bits per heavy atom. The van der Waals surface area contributed by atoms with Crippen molar-refractivity contribution < 1.29 is 4.21 Å². The van der Waals surface area contributed by atoms with Crippen molar-refractivity contribution in [2.75, 3.05) is 0 Å². The van der Waals surface area contributed by atoms with Crippen molar-refractivity contribution in [2.24, 2.45) is 0 Å². The molecule has 2 atom stereocenters. The van der Waals surface area contributed by atoms with Gasteiger partial charge in [-0.3, -0.25) is 4.21 Å². The van der Waals surface area contributed by atoms with Crippen LogP contribution in [-0.2, 0) is 17.2 Å². The Kier molecular flexibility index (Phi) is 2.49. The zero-order valence-electron chi connectivity index (χ0n) is 7.82. The second kappa shape index (κ2) is 3.62. The van der Waals surface area contributed by atoms with E-state index >= 15 is 0 Å². The van der Waals surface area contributed by atoms with Gasteiger partial charge in [0, 0.05) is 10.1 Å². The van der Waals surface area contributed by atoms with E-state index in [9.17, 15) is 4.21 Å². The molecule has 1 aromatic rings. The maximum atomic E-state index is 12.0. The van der Waals surface area contributed by atoms with Crippen LogP contribution in [-0.4, -0.2) is 9.46 Å². The first-order valence-corrected chi connectivity index (χ1v) is 6.02. The smallest absolute Gasteiger partial charge is 0.0563 e. The van der Waals surface area contributed by atoms with E-state index in [1.807, 2.05) is 18.2 Å². The molecule has 0 amide bonds. The fraction of sp³-hybridized carbons (Fsp3) is 0.455. The summed E-state index contributed by atoms with van der Waals surface area (Å²) >= 11 is 0. The predicted octanol–water partition coefficient (Wildman–Crippen LogP) is 2.52. The summed E-state index contributed by atoms with van der Waals surface area (Å²) in [7, 11) is -0.753. The van der Waals surface area contributed by atoms with Crippen molar-refractivity contribution >= 4 is 10.8 Å². The highest BCUT2D eigenvalue weighted by Gasteiger charge is 2.23. The molecule has 2 heteroatoms. The monoisotopic (exact) mass is 194 g/mol. The van der Waals surface area contributed by atoms with E-state index in [1.54, 1.807) is 0 Å². The van der Waals surface area contributed by atoms with Crippen LogP contribution in [0.2, 0.25) is 0 Å². The van der Waals surface area contributed by atoms with Crippen molar-refractivity contribution in [3.05, 3.63) is 29.8 Å². The van der Waals surface area contributed by atoms with E-state index < -0.39 is 10.8 Å². The lowest BCUT2D eigenvalue weighted by Gasteiger charge is -2.22. The van der Waals surface area contributed by atoms with Crippen LogP contribution in [0.15, 0.2) is 29.2 Å². The van der Waals surface area contributed by atoms with Crippen LogP contribution < -0.4 is 0 Å². The number of rotatable bonds is 1. The van der Waals surface area contributed by atoms with E-state index in [1.165, 1.54) is 5.56 Å². The van der Waals surface area contributed by atoms with Gasteiger partial charge in [-0.2, -0.15) is 0 Å². The Morgan fingerprint density at radius 3 is 3.00 bits per heavy atom. The second-order valence-electron chi connectivity index (χ2n) is 3.47. The molecule has 1 nitrogen and oxygen atoms in total. The van der Waals surface area contributed by atoms with Crippen molar-refractivity contribution in [3.63, 3.8) is 0 Å². The topological polar surface area (TPSA) is 17.1 Å². The molecule has 0 fully saturated rings. The summed E-state index contributed by atoms with van der Waals surface area (Å²) < 4.78 is 12.0. The summed E-state index contributed by atoms with van der Waals surface area (Å²) in [5.41, 5.74) is 1.28. The Bertz CT molecular complexity index is 333. The SMILES string of the molecule is CC[C@@H]1CCc2ccccc2[S@@]1=O. The van der Waals surface area contributed by atoms with Gasteiger partial charge in [0.2, 0.25) is 0 Å². The summed E-state index contributed by atoms with van der Waals surface area (Å²) in [4.78, 5) is 1.07. The van der Waals surface area contributed by atoms with Gasteiger partial charge in [0.05, 0.1) is 10.8 Å². The minimum Gasteiger partial charge on any atom is -0.254 e. The third-order valence-corrected chi connectivity index (χ3v) is 4.69. The van der Waals surface area contributed by atoms with Gasteiger partial charge < -0.3 is 0 Å². The lowest BCUT2D eigenvalue weighted by Crippen LogP contribution is -2.21. The second-order valence-corrected chi connectivity index (χ2v) is 5.18. The van der Waals surface area contributed by atoms with Crippen LogP contribution in [0, 0.1) is 0 Å². The van der Waals surface area contributed by atoms with E-state index in [-0.39, 0.29) is 0 Å². The molecule has 2 rings (SSSR count). The van der Waals surface area contributed by atoms with E-state index in [2.05, 4.69) is 13.0 Å². The fourth-order valence-corrected chi connectivity index (χ4v) is 3.50. The third-order valence-electron chi connectivity index (χ3n) is 2.68. The molecule has 0 aromatic heterocycles. The molecular formula is C11H14OS. The predicted molar refractivity (Wildman–Crippen MR) is 55.3 cm³/mol. The van der Waals surface area contributed by atoms with E-state index in [4.69, 9.17) is 0 Å². The molecule has 0 spiro atoms. The molecule has 0 aliphatic carbocycles. The van der Waals surface area contributed by atoms with Crippen molar-refractivity contribution in [1.82, 2.24) is 0 Å². The molecule has 1 aromatic carbocycles. The molecule has 0 radical (unpaired) electrons. The maximum Gasteiger partial charge on any atom is 0.0563 e. The Labute approximate surface area is 81.6 Å². The highest BCUT2D eigenvalue weighted by atomic mass is 32.2. The molecule has 0 saturated carbocycles. The zero-order valence-corrected chi connectivity index (χ0v) is 8.64. The lowest BCUT2D eigenvalue weighted by molar-refractivity contribution is 0.632. The van der Waals surface area contributed by atoms with Gasteiger partial charge in [-0.05, 0) is 30.9 Å².